The summed E-state index contributed by atoms with van der Waals surface area (Å²) >= 11 is 3.45. The molecule has 1 aliphatic rings. The first-order chi connectivity index (χ1) is 6.96. The van der Waals surface area contributed by atoms with Crippen LogP contribution in [0.2, 0.25) is 0 Å². The van der Waals surface area contributed by atoms with Gasteiger partial charge in [-0.15, -0.1) is 0 Å². The minimum Gasteiger partial charge on any atom is -0.389 e. The molecule has 0 aliphatic carbocycles. The molecule has 0 saturated carbocycles. The third kappa shape index (κ3) is 1.73. The Morgan fingerprint density at radius 2 is 2.07 bits per heavy atom. The van der Waals surface area contributed by atoms with Crippen LogP contribution in [0.25, 0.3) is 0 Å². The van der Waals surface area contributed by atoms with Gasteiger partial charge in [0.15, 0.2) is 0 Å². The van der Waals surface area contributed by atoms with E-state index in [9.17, 15) is 5.11 Å². The largest absolute Gasteiger partial charge is 0.389 e. The highest BCUT2D eigenvalue weighted by molar-refractivity contribution is 9.10. The molecular formula is C12H15BrO2. The van der Waals surface area contributed by atoms with E-state index >= 15 is 0 Å². The van der Waals surface area contributed by atoms with E-state index in [0.717, 1.165) is 10.0 Å². The van der Waals surface area contributed by atoms with E-state index in [1.807, 2.05) is 32.0 Å². The zero-order chi connectivity index (χ0) is 11.1. The molecule has 0 spiro atoms. The fourth-order valence-electron chi connectivity index (χ4n) is 1.97. The van der Waals surface area contributed by atoms with Gasteiger partial charge in [-0.3, -0.25) is 0 Å². The van der Waals surface area contributed by atoms with Gasteiger partial charge >= 0.3 is 0 Å². The maximum Gasteiger partial charge on any atom is 0.0732 e. The second-order valence-electron chi connectivity index (χ2n) is 4.64. The number of hydrogen-bond acceptors (Lipinski definition) is 2. The van der Waals surface area contributed by atoms with Crippen molar-refractivity contribution in [1.82, 2.24) is 0 Å². The van der Waals surface area contributed by atoms with E-state index in [-0.39, 0.29) is 5.41 Å². The molecule has 15 heavy (non-hydrogen) atoms. The van der Waals surface area contributed by atoms with E-state index in [2.05, 4.69) is 22.0 Å². The SMILES string of the molecule is CC(C)(O)C1(c2cccc(Br)c2)COC1. The number of ether oxygens (including phenoxy) is 1. The van der Waals surface area contributed by atoms with Crippen LogP contribution in [-0.2, 0) is 10.2 Å². The monoisotopic (exact) mass is 270 g/mol. The fourth-order valence-corrected chi connectivity index (χ4v) is 2.36. The maximum atomic E-state index is 10.2. The molecule has 0 unspecified atom stereocenters. The fraction of sp³-hybridized carbons (Fsp3) is 0.500. The summed E-state index contributed by atoms with van der Waals surface area (Å²) < 4.78 is 6.32. The molecule has 1 aliphatic heterocycles. The highest BCUT2D eigenvalue weighted by atomic mass is 79.9. The molecule has 1 heterocycles. The van der Waals surface area contributed by atoms with E-state index in [1.165, 1.54) is 0 Å². The summed E-state index contributed by atoms with van der Waals surface area (Å²) in [6.07, 6.45) is 0. The maximum absolute atomic E-state index is 10.2. The van der Waals surface area contributed by atoms with Gasteiger partial charge < -0.3 is 9.84 Å². The Kier molecular flexibility index (Phi) is 2.65. The van der Waals surface area contributed by atoms with Crippen LogP contribution in [0.5, 0.6) is 0 Å². The third-order valence-corrected chi connectivity index (χ3v) is 3.74. The molecule has 1 N–H and O–H groups in total. The molecule has 0 atom stereocenters. The van der Waals surface area contributed by atoms with Crippen molar-refractivity contribution in [3.8, 4) is 0 Å². The van der Waals surface area contributed by atoms with Crippen molar-refractivity contribution in [1.29, 1.82) is 0 Å². The van der Waals surface area contributed by atoms with Gasteiger partial charge in [0.1, 0.15) is 0 Å². The summed E-state index contributed by atoms with van der Waals surface area (Å²) in [6.45, 7) is 4.87. The van der Waals surface area contributed by atoms with Crippen molar-refractivity contribution in [2.24, 2.45) is 0 Å². The average Bonchev–Trinajstić information content (AvgIpc) is 1.98. The summed E-state index contributed by atoms with van der Waals surface area (Å²) in [6, 6.07) is 8.08. The minimum absolute atomic E-state index is 0.253. The van der Waals surface area contributed by atoms with Crippen molar-refractivity contribution < 1.29 is 9.84 Å². The average molecular weight is 271 g/mol. The smallest absolute Gasteiger partial charge is 0.0732 e. The number of hydrogen-bond donors (Lipinski definition) is 1. The molecule has 0 bridgehead atoms. The lowest BCUT2D eigenvalue weighted by molar-refractivity contribution is -0.157. The number of rotatable bonds is 2. The predicted octanol–water partition coefficient (Wildman–Crippen LogP) is 2.49. The van der Waals surface area contributed by atoms with Crippen LogP contribution in [0.4, 0.5) is 0 Å². The molecule has 0 aromatic heterocycles. The first-order valence-corrected chi connectivity index (χ1v) is 5.81. The van der Waals surface area contributed by atoms with Crippen LogP contribution in [0.3, 0.4) is 0 Å². The Morgan fingerprint density at radius 1 is 1.40 bits per heavy atom. The molecule has 1 aromatic carbocycles. The zero-order valence-electron chi connectivity index (χ0n) is 8.96. The second-order valence-corrected chi connectivity index (χ2v) is 5.56. The molecule has 1 saturated heterocycles. The molecule has 1 fully saturated rings. The van der Waals surface area contributed by atoms with Crippen molar-refractivity contribution in [2.45, 2.75) is 24.9 Å². The van der Waals surface area contributed by atoms with E-state index in [1.54, 1.807) is 0 Å². The number of benzene rings is 1. The predicted molar refractivity (Wildman–Crippen MR) is 62.9 cm³/mol. The van der Waals surface area contributed by atoms with Crippen LogP contribution in [0.1, 0.15) is 19.4 Å². The highest BCUT2D eigenvalue weighted by Crippen LogP contribution is 2.42. The quantitative estimate of drug-likeness (QED) is 0.895. The lowest BCUT2D eigenvalue weighted by atomic mass is 9.67. The van der Waals surface area contributed by atoms with Gasteiger partial charge in [-0.2, -0.15) is 0 Å². The zero-order valence-corrected chi connectivity index (χ0v) is 10.5. The molecule has 0 radical (unpaired) electrons. The van der Waals surface area contributed by atoms with Gasteiger partial charge in [-0.1, -0.05) is 28.1 Å². The van der Waals surface area contributed by atoms with E-state index in [4.69, 9.17) is 4.74 Å². The van der Waals surface area contributed by atoms with Crippen LogP contribution in [0.15, 0.2) is 28.7 Å². The number of halogens is 1. The van der Waals surface area contributed by atoms with Gasteiger partial charge in [0.2, 0.25) is 0 Å². The van der Waals surface area contributed by atoms with Crippen molar-refractivity contribution in [3.05, 3.63) is 34.3 Å². The summed E-state index contributed by atoms with van der Waals surface area (Å²) in [5.74, 6) is 0. The Morgan fingerprint density at radius 3 is 2.47 bits per heavy atom. The van der Waals surface area contributed by atoms with Crippen LogP contribution >= 0.6 is 15.9 Å². The lowest BCUT2D eigenvalue weighted by Crippen LogP contribution is -2.60. The lowest BCUT2D eigenvalue weighted by Gasteiger charge is -2.50. The van der Waals surface area contributed by atoms with Gasteiger partial charge in [0.05, 0.1) is 24.2 Å². The first-order valence-electron chi connectivity index (χ1n) is 5.02. The highest BCUT2D eigenvalue weighted by Gasteiger charge is 2.51. The molecule has 3 heteroatoms. The Hall–Kier alpha value is -0.380. The summed E-state index contributed by atoms with van der Waals surface area (Å²) in [5, 5.41) is 10.2. The summed E-state index contributed by atoms with van der Waals surface area (Å²) in [5.41, 5.74) is 0.124. The van der Waals surface area contributed by atoms with Gasteiger partial charge in [-0.25, -0.2) is 0 Å². The first kappa shape index (κ1) is 11.1. The van der Waals surface area contributed by atoms with Crippen molar-refractivity contribution >= 4 is 15.9 Å². The van der Waals surface area contributed by atoms with E-state index < -0.39 is 5.60 Å². The Labute approximate surface area is 98.4 Å². The molecule has 2 rings (SSSR count). The van der Waals surface area contributed by atoms with Gasteiger partial charge in [0.25, 0.3) is 0 Å². The summed E-state index contributed by atoms with van der Waals surface area (Å²) in [7, 11) is 0. The van der Waals surface area contributed by atoms with Crippen LogP contribution < -0.4 is 0 Å². The molecule has 1 aromatic rings. The van der Waals surface area contributed by atoms with Gasteiger partial charge in [-0.05, 0) is 31.5 Å². The van der Waals surface area contributed by atoms with Crippen molar-refractivity contribution in [2.75, 3.05) is 13.2 Å². The minimum atomic E-state index is -0.758. The number of aliphatic hydroxyl groups is 1. The van der Waals surface area contributed by atoms with Crippen molar-refractivity contribution in [3.63, 3.8) is 0 Å². The molecule has 0 amide bonds. The normalized spacial score (nSPS) is 19.7. The Balaban J connectivity index is 2.43. The topological polar surface area (TPSA) is 29.5 Å². The summed E-state index contributed by atoms with van der Waals surface area (Å²) in [4.78, 5) is 0. The van der Waals surface area contributed by atoms with Gasteiger partial charge in [0, 0.05) is 4.47 Å². The molecule has 82 valence electrons. The second kappa shape index (κ2) is 3.58. The molecular weight excluding hydrogens is 256 g/mol. The van der Waals surface area contributed by atoms with E-state index in [0.29, 0.717) is 13.2 Å². The van der Waals surface area contributed by atoms with Crippen LogP contribution in [-0.4, -0.2) is 23.9 Å². The third-order valence-electron chi connectivity index (χ3n) is 3.25. The molecule has 2 nitrogen and oxygen atoms in total. The standard InChI is InChI=1S/C12H15BrO2/c1-11(2,14)12(7-15-8-12)9-4-3-5-10(13)6-9/h3-6,14H,7-8H2,1-2H3. The Bertz CT molecular complexity index is 364. The van der Waals surface area contributed by atoms with Crippen LogP contribution in [0, 0.1) is 0 Å².